The molecule has 0 spiro atoms. The van der Waals surface area contributed by atoms with Crippen LogP contribution in [0.25, 0.3) is 0 Å². The molecule has 0 aliphatic carbocycles. The second-order valence-electron chi connectivity index (χ2n) is 4.30. The number of para-hydroxylation sites is 1. The van der Waals surface area contributed by atoms with Crippen molar-refractivity contribution in [1.82, 2.24) is 0 Å². The first kappa shape index (κ1) is 13.8. The lowest BCUT2D eigenvalue weighted by atomic mass is 10.2. The van der Waals surface area contributed by atoms with Crippen molar-refractivity contribution in [2.75, 3.05) is 17.8 Å². The molecule has 0 heterocycles. The Bertz CT molecular complexity index is 666. The zero-order chi connectivity index (χ0) is 14.4. The number of hydrogen-bond acceptors (Lipinski definition) is 4. The van der Waals surface area contributed by atoms with Crippen molar-refractivity contribution in [3.8, 4) is 0 Å². The number of nitrogens with one attached hydrogen (secondary N) is 2. The minimum atomic E-state index is -0.0615. The zero-order valence-electron chi connectivity index (χ0n) is 11.6. The number of anilines is 2. The fraction of sp³-hybridized carbons (Fsp3) is 0.125. The number of nitrogens with zero attached hydrogens (tertiary/aromatic N) is 1. The van der Waals surface area contributed by atoms with Gasteiger partial charge in [0, 0.05) is 12.6 Å². The maximum absolute atomic E-state index is 12.3. The van der Waals surface area contributed by atoms with Gasteiger partial charge in [-0.1, -0.05) is 30.3 Å². The van der Waals surface area contributed by atoms with Crippen LogP contribution in [0, 0.1) is 0 Å². The Hall–Kier alpha value is -2.62. The second-order valence-corrected chi connectivity index (χ2v) is 4.30. The average Bonchev–Trinajstić information content (AvgIpc) is 2.67. The van der Waals surface area contributed by atoms with Crippen LogP contribution in [-0.4, -0.2) is 12.8 Å². The molecule has 20 heavy (non-hydrogen) atoms. The lowest BCUT2D eigenvalue weighted by molar-refractivity contribution is 1.32. The highest BCUT2D eigenvalue weighted by molar-refractivity contribution is 5.99. The summed E-state index contributed by atoms with van der Waals surface area (Å²) in [5.74, 6) is 0. The van der Waals surface area contributed by atoms with E-state index in [0.29, 0.717) is 17.0 Å². The first-order chi connectivity index (χ1) is 9.72. The van der Waals surface area contributed by atoms with E-state index in [1.54, 1.807) is 19.2 Å². The predicted octanol–water partition coefficient (Wildman–Crippen LogP) is 2.92. The fourth-order valence-corrected chi connectivity index (χ4v) is 1.80. The predicted molar refractivity (Wildman–Crippen MR) is 84.5 cm³/mol. The normalized spacial score (nSPS) is 11.0. The standard InChI is InChI=1S/C16H17N3O/c1-12(18-19-13-8-4-3-5-9-13)14-10-6-7-11-15(17-2)16(14)20/h3-11,19H,1-2H3,(H,17,20). The van der Waals surface area contributed by atoms with E-state index in [1.165, 1.54) is 0 Å². The first-order valence-corrected chi connectivity index (χ1v) is 6.39. The van der Waals surface area contributed by atoms with Crippen LogP contribution in [0.15, 0.2) is 64.5 Å². The molecule has 102 valence electrons. The van der Waals surface area contributed by atoms with Crippen molar-refractivity contribution >= 4 is 17.1 Å². The summed E-state index contributed by atoms with van der Waals surface area (Å²) in [6, 6.07) is 16.8. The van der Waals surface area contributed by atoms with E-state index in [2.05, 4.69) is 15.8 Å². The zero-order valence-corrected chi connectivity index (χ0v) is 11.6. The maximum atomic E-state index is 12.3. The summed E-state index contributed by atoms with van der Waals surface area (Å²) < 4.78 is 0. The van der Waals surface area contributed by atoms with Crippen LogP contribution in [0.5, 0.6) is 0 Å². The van der Waals surface area contributed by atoms with Crippen LogP contribution in [0.1, 0.15) is 12.5 Å². The van der Waals surface area contributed by atoms with Gasteiger partial charge in [0.1, 0.15) is 0 Å². The van der Waals surface area contributed by atoms with Gasteiger partial charge in [-0.15, -0.1) is 0 Å². The van der Waals surface area contributed by atoms with Gasteiger partial charge < -0.3 is 5.32 Å². The fourth-order valence-electron chi connectivity index (χ4n) is 1.80. The minimum Gasteiger partial charge on any atom is -0.385 e. The van der Waals surface area contributed by atoms with E-state index < -0.39 is 0 Å². The lowest BCUT2D eigenvalue weighted by Gasteiger charge is -2.02. The van der Waals surface area contributed by atoms with Gasteiger partial charge in [-0.05, 0) is 31.2 Å². The lowest BCUT2D eigenvalue weighted by Crippen LogP contribution is -2.15. The third-order valence-electron chi connectivity index (χ3n) is 2.91. The number of rotatable bonds is 4. The molecular weight excluding hydrogens is 250 g/mol. The average molecular weight is 267 g/mol. The molecule has 0 fully saturated rings. The smallest absolute Gasteiger partial charge is 0.210 e. The van der Waals surface area contributed by atoms with Gasteiger partial charge >= 0.3 is 0 Å². The first-order valence-electron chi connectivity index (χ1n) is 6.39. The third kappa shape index (κ3) is 3.23. The van der Waals surface area contributed by atoms with Crippen LogP contribution < -0.4 is 16.2 Å². The van der Waals surface area contributed by atoms with Crippen LogP contribution in [0.2, 0.25) is 0 Å². The van der Waals surface area contributed by atoms with Gasteiger partial charge in [-0.2, -0.15) is 5.10 Å². The topological polar surface area (TPSA) is 53.5 Å². The molecule has 2 N–H and O–H groups in total. The van der Waals surface area contributed by atoms with Crippen molar-refractivity contribution in [1.29, 1.82) is 0 Å². The highest BCUT2D eigenvalue weighted by atomic mass is 16.1. The molecule has 0 unspecified atom stereocenters. The Morgan fingerprint density at radius 3 is 2.35 bits per heavy atom. The largest absolute Gasteiger partial charge is 0.385 e. The van der Waals surface area contributed by atoms with Gasteiger partial charge in [0.05, 0.1) is 17.1 Å². The van der Waals surface area contributed by atoms with Crippen LogP contribution in [-0.2, 0) is 0 Å². The Morgan fingerprint density at radius 1 is 1.00 bits per heavy atom. The molecule has 0 aliphatic heterocycles. The summed E-state index contributed by atoms with van der Waals surface area (Å²) in [6.45, 7) is 1.81. The summed E-state index contributed by atoms with van der Waals surface area (Å²) in [4.78, 5) is 12.3. The Balaban J connectivity index is 2.32. The SMILES string of the molecule is CNc1ccccc(C(C)=NNc2ccccc2)c1=O. The summed E-state index contributed by atoms with van der Waals surface area (Å²) in [6.07, 6.45) is 0. The van der Waals surface area contributed by atoms with Crippen molar-refractivity contribution < 1.29 is 0 Å². The molecule has 2 rings (SSSR count). The highest BCUT2D eigenvalue weighted by Gasteiger charge is 2.05. The van der Waals surface area contributed by atoms with Gasteiger partial charge in [0.2, 0.25) is 5.43 Å². The highest BCUT2D eigenvalue weighted by Crippen LogP contribution is 2.06. The number of hydrogen-bond donors (Lipinski definition) is 2. The summed E-state index contributed by atoms with van der Waals surface area (Å²) in [5.41, 5.74) is 5.54. The molecule has 2 aromatic rings. The Morgan fingerprint density at radius 2 is 1.65 bits per heavy atom. The molecule has 0 saturated carbocycles. The van der Waals surface area contributed by atoms with Gasteiger partial charge in [-0.25, -0.2) is 0 Å². The van der Waals surface area contributed by atoms with Gasteiger partial charge in [0.15, 0.2) is 0 Å². The molecule has 0 amide bonds. The molecule has 0 atom stereocenters. The van der Waals surface area contributed by atoms with Gasteiger partial charge in [0.25, 0.3) is 0 Å². The molecule has 0 radical (unpaired) electrons. The quantitative estimate of drug-likeness (QED) is 0.661. The monoisotopic (exact) mass is 267 g/mol. The van der Waals surface area contributed by atoms with Crippen LogP contribution in [0.3, 0.4) is 0 Å². The van der Waals surface area contributed by atoms with E-state index in [-0.39, 0.29) is 5.43 Å². The Labute approximate surface area is 118 Å². The molecule has 4 heteroatoms. The van der Waals surface area contributed by atoms with Crippen LogP contribution >= 0.6 is 0 Å². The summed E-state index contributed by atoms with van der Waals surface area (Å²) in [5, 5.41) is 7.16. The summed E-state index contributed by atoms with van der Waals surface area (Å²) in [7, 11) is 1.73. The van der Waals surface area contributed by atoms with Crippen molar-refractivity contribution in [3.63, 3.8) is 0 Å². The van der Waals surface area contributed by atoms with E-state index >= 15 is 0 Å². The number of benzene rings is 1. The second kappa shape index (κ2) is 6.52. The van der Waals surface area contributed by atoms with E-state index in [0.717, 1.165) is 5.69 Å². The van der Waals surface area contributed by atoms with Crippen molar-refractivity contribution in [2.24, 2.45) is 5.10 Å². The molecule has 0 aromatic heterocycles. The molecule has 0 aliphatic rings. The molecule has 4 nitrogen and oxygen atoms in total. The molecule has 2 aromatic carbocycles. The molecular formula is C16H17N3O. The van der Waals surface area contributed by atoms with E-state index in [4.69, 9.17) is 0 Å². The van der Waals surface area contributed by atoms with Gasteiger partial charge in [-0.3, -0.25) is 10.2 Å². The van der Waals surface area contributed by atoms with E-state index in [1.807, 2.05) is 49.4 Å². The summed E-state index contributed by atoms with van der Waals surface area (Å²) >= 11 is 0. The maximum Gasteiger partial charge on any atom is 0.210 e. The van der Waals surface area contributed by atoms with Crippen molar-refractivity contribution in [2.45, 2.75) is 6.92 Å². The van der Waals surface area contributed by atoms with Crippen LogP contribution in [0.4, 0.5) is 11.4 Å². The van der Waals surface area contributed by atoms with Crippen molar-refractivity contribution in [3.05, 3.63) is 70.4 Å². The number of hydrazone groups is 1. The molecule has 0 saturated heterocycles. The third-order valence-corrected chi connectivity index (χ3v) is 2.91. The van der Waals surface area contributed by atoms with E-state index in [9.17, 15) is 4.79 Å². The minimum absolute atomic E-state index is 0.0615. The Kier molecular flexibility index (Phi) is 4.50. The molecule has 0 bridgehead atoms.